The minimum atomic E-state index is -0.0472. The topological polar surface area (TPSA) is 29.5 Å². The van der Waals surface area contributed by atoms with Gasteiger partial charge in [-0.3, -0.25) is 4.79 Å². The van der Waals surface area contributed by atoms with Crippen LogP contribution in [0.4, 0.5) is 0 Å². The maximum Gasteiger partial charge on any atom is 0.229 e. The number of fused-ring (bicyclic) bond motifs is 1. The van der Waals surface area contributed by atoms with Gasteiger partial charge >= 0.3 is 0 Å². The lowest BCUT2D eigenvalue weighted by atomic mass is 9.95. The van der Waals surface area contributed by atoms with Crippen LogP contribution in [-0.4, -0.2) is 30.5 Å². The fraction of sp³-hybridized carbons (Fsp3) is 0.500. The first-order valence-electron chi connectivity index (χ1n) is 6.44. The number of hydrogen-bond acceptors (Lipinski definition) is 2. The number of benzene rings is 1. The molecule has 1 unspecified atom stereocenters. The van der Waals surface area contributed by atoms with Crippen LogP contribution in [-0.2, 0) is 11.2 Å². The number of nitrogens with zero attached hydrogens (tertiary/aromatic N) is 1. The lowest BCUT2D eigenvalue weighted by Crippen LogP contribution is -2.39. The number of likely N-dealkylation sites (tertiary alicyclic amines) is 1. The predicted molar refractivity (Wildman–Crippen MR) is 70.0 cm³/mol. The molecule has 1 saturated heterocycles. The Balaban J connectivity index is 1.75. The quantitative estimate of drug-likeness (QED) is 0.781. The number of rotatable bonds is 1. The zero-order valence-corrected chi connectivity index (χ0v) is 10.9. The second kappa shape index (κ2) is 4.81. The molecule has 4 heteroatoms. The van der Waals surface area contributed by atoms with Crippen LogP contribution < -0.4 is 4.74 Å². The summed E-state index contributed by atoms with van der Waals surface area (Å²) in [4.78, 5) is 14.3. The Hall–Kier alpha value is -1.22. The SMILES string of the molecule is O=C(C1COc2ccc(Cl)cc2C1)N1CCCC1. The minimum absolute atomic E-state index is 0.0472. The number of carbonyl (C=O) groups is 1. The largest absolute Gasteiger partial charge is 0.492 e. The fourth-order valence-corrected chi connectivity index (χ4v) is 2.91. The zero-order valence-electron chi connectivity index (χ0n) is 10.2. The molecular weight excluding hydrogens is 250 g/mol. The third-order valence-electron chi connectivity index (χ3n) is 3.70. The molecule has 1 fully saturated rings. The first-order chi connectivity index (χ1) is 8.74. The Bertz CT molecular complexity index is 469. The van der Waals surface area contributed by atoms with E-state index in [0.29, 0.717) is 11.6 Å². The number of carbonyl (C=O) groups excluding carboxylic acids is 1. The van der Waals surface area contributed by atoms with Crippen molar-refractivity contribution in [3.05, 3.63) is 28.8 Å². The van der Waals surface area contributed by atoms with Crippen molar-refractivity contribution >= 4 is 17.5 Å². The van der Waals surface area contributed by atoms with Crippen LogP contribution in [0.3, 0.4) is 0 Å². The summed E-state index contributed by atoms with van der Waals surface area (Å²) in [7, 11) is 0. The third kappa shape index (κ3) is 2.19. The maximum atomic E-state index is 12.3. The van der Waals surface area contributed by atoms with Crippen LogP contribution in [0.15, 0.2) is 18.2 Å². The van der Waals surface area contributed by atoms with Gasteiger partial charge in [0, 0.05) is 18.1 Å². The summed E-state index contributed by atoms with van der Waals surface area (Å²) in [6.45, 7) is 2.29. The normalized spacial score (nSPS) is 22.5. The molecule has 1 amide bonds. The van der Waals surface area contributed by atoms with Crippen LogP contribution in [0.1, 0.15) is 18.4 Å². The number of halogens is 1. The van der Waals surface area contributed by atoms with Crippen molar-refractivity contribution in [3.63, 3.8) is 0 Å². The highest BCUT2D eigenvalue weighted by Crippen LogP contribution is 2.30. The summed E-state index contributed by atoms with van der Waals surface area (Å²) in [5.74, 6) is 1.05. The molecule has 0 N–H and O–H groups in total. The van der Waals surface area contributed by atoms with Gasteiger partial charge in [-0.05, 0) is 43.0 Å². The van der Waals surface area contributed by atoms with Gasteiger partial charge in [-0.25, -0.2) is 0 Å². The highest BCUT2D eigenvalue weighted by atomic mass is 35.5. The molecule has 96 valence electrons. The second-order valence-electron chi connectivity index (χ2n) is 5.00. The summed E-state index contributed by atoms with van der Waals surface area (Å²) in [5.41, 5.74) is 1.05. The highest BCUT2D eigenvalue weighted by Gasteiger charge is 2.30. The van der Waals surface area contributed by atoms with Crippen LogP contribution in [0.25, 0.3) is 0 Å². The van der Waals surface area contributed by atoms with Gasteiger partial charge in [0.25, 0.3) is 0 Å². The van der Waals surface area contributed by atoms with Gasteiger partial charge in [0.05, 0.1) is 5.92 Å². The molecule has 0 spiro atoms. The van der Waals surface area contributed by atoms with Gasteiger partial charge < -0.3 is 9.64 Å². The van der Waals surface area contributed by atoms with Crippen molar-refractivity contribution in [1.82, 2.24) is 4.90 Å². The molecule has 2 heterocycles. The molecule has 0 aliphatic carbocycles. The lowest BCUT2D eigenvalue weighted by Gasteiger charge is -2.28. The average molecular weight is 266 g/mol. The Morgan fingerprint density at radius 3 is 2.89 bits per heavy atom. The van der Waals surface area contributed by atoms with Gasteiger partial charge in [0.1, 0.15) is 12.4 Å². The first kappa shape index (κ1) is 11.8. The summed E-state index contributed by atoms with van der Waals surface area (Å²) in [5, 5.41) is 0.701. The third-order valence-corrected chi connectivity index (χ3v) is 3.93. The van der Waals surface area contributed by atoms with E-state index in [1.54, 1.807) is 0 Å². The molecule has 1 aromatic rings. The van der Waals surface area contributed by atoms with Gasteiger partial charge in [-0.2, -0.15) is 0 Å². The van der Waals surface area contributed by atoms with Crippen LogP contribution >= 0.6 is 11.6 Å². The molecule has 0 aromatic heterocycles. The molecule has 3 rings (SSSR count). The summed E-state index contributed by atoms with van der Waals surface area (Å²) in [6, 6.07) is 5.61. The van der Waals surface area contributed by atoms with Gasteiger partial charge in [0.15, 0.2) is 0 Å². The first-order valence-corrected chi connectivity index (χ1v) is 6.82. The van der Waals surface area contributed by atoms with Crippen molar-refractivity contribution in [2.24, 2.45) is 5.92 Å². The van der Waals surface area contributed by atoms with E-state index in [0.717, 1.165) is 43.7 Å². The van der Waals surface area contributed by atoms with Crippen LogP contribution in [0.5, 0.6) is 5.75 Å². The Morgan fingerprint density at radius 1 is 1.33 bits per heavy atom. The number of ether oxygens (including phenoxy) is 1. The Kier molecular flexibility index (Phi) is 3.16. The summed E-state index contributed by atoms with van der Waals surface area (Å²) < 4.78 is 5.67. The second-order valence-corrected chi connectivity index (χ2v) is 5.43. The molecule has 1 aromatic carbocycles. The van der Waals surface area contributed by atoms with E-state index in [-0.39, 0.29) is 11.8 Å². The zero-order chi connectivity index (χ0) is 12.5. The molecule has 2 aliphatic heterocycles. The fourth-order valence-electron chi connectivity index (χ4n) is 2.72. The molecule has 0 bridgehead atoms. The molecule has 1 atom stereocenters. The van der Waals surface area contributed by atoms with Crippen LogP contribution in [0, 0.1) is 5.92 Å². The Labute approximate surface area is 112 Å². The Morgan fingerprint density at radius 2 is 2.11 bits per heavy atom. The summed E-state index contributed by atoms with van der Waals surface area (Å²) >= 11 is 5.98. The number of hydrogen-bond donors (Lipinski definition) is 0. The average Bonchev–Trinajstić information content (AvgIpc) is 2.90. The van der Waals surface area contributed by atoms with E-state index in [4.69, 9.17) is 16.3 Å². The maximum absolute atomic E-state index is 12.3. The van der Waals surface area contributed by atoms with E-state index in [1.165, 1.54) is 0 Å². The monoisotopic (exact) mass is 265 g/mol. The predicted octanol–water partition coefficient (Wildman–Crippen LogP) is 2.51. The van der Waals surface area contributed by atoms with Crippen molar-refractivity contribution in [1.29, 1.82) is 0 Å². The van der Waals surface area contributed by atoms with Crippen LogP contribution in [0.2, 0.25) is 5.02 Å². The molecule has 3 nitrogen and oxygen atoms in total. The van der Waals surface area contributed by atoms with E-state index in [1.807, 2.05) is 23.1 Å². The summed E-state index contributed by atoms with van der Waals surface area (Å²) in [6.07, 6.45) is 2.99. The van der Waals surface area contributed by atoms with Gasteiger partial charge in [0.2, 0.25) is 5.91 Å². The lowest BCUT2D eigenvalue weighted by molar-refractivity contribution is -0.135. The molecular formula is C14H16ClNO2. The standard InChI is InChI=1S/C14H16ClNO2/c15-12-3-4-13-10(8-12)7-11(9-18-13)14(17)16-5-1-2-6-16/h3-4,8,11H,1-2,5-7,9H2. The smallest absolute Gasteiger partial charge is 0.229 e. The van der Waals surface area contributed by atoms with E-state index in [2.05, 4.69) is 0 Å². The highest BCUT2D eigenvalue weighted by molar-refractivity contribution is 6.30. The van der Waals surface area contributed by atoms with Gasteiger partial charge in [-0.15, -0.1) is 0 Å². The molecule has 2 aliphatic rings. The minimum Gasteiger partial charge on any atom is -0.492 e. The van der Waals surface area contributed by atoms with E-state index in [9.17, 15) is 4.79 Å². The van der Waals surface area contributed by atoms with Gasteiger partial charge in [-0.1, -0.05) is 11.6 Å². The van der Waals surface area contributed by atoms with Crippen molar-refractivity contribution in [2.75, 3.05) is 19.7 Å². The molecule has 0 radical (unpaired) electrons. The van der Waals surface area contributed by atoms with E-state index >= 15 is 0 Å². The number of amides is 1. The van der Waals surface area contributed by atoms with Crippen molar-refractivity contribution in [3.8, 4) is 5.75 Å². The molecule has 18 heavy (non-hydrogen) atoms. The van der Waals surface area contributed by atoms with E-state index < -0.39 is 0 Å². The van der Waals surface area contributed by atoms with Crippen molar-refractivity contribution < 1.29 is 9.53 Å². The van der Waals surface area contributed by atoms with Crippen molar-refractivity contribution in [2.45, 2.75) is 19.3 Å². The molecule has 0 saturated carbocycles.